The number of fused-ring (bicyclic) bond motifs is 16. The second-order valence-corrected chi connectivity index (χ2v) is 23.1. The van der Waals surface area contributed by atoms with Gasteiger partial charge in [0.15, 0.2) is 0 Å². The minimum Gasteiger partial charge on any atom is -0.278 e. The highest BCUT2D eigenvalue weighted by Crippen LogP contribution is 2.43. The Morgan fingerprint density at radius 1 is 0.333 bits per heavy atom. The van der Waals surface area contributed by atoms with Crippen LogP contribution in [0.3, 0.4) is 0 Å². The van der Waals surface area contributed by atoms with Crippen molar-refractivity contribution in [2.45, 2.75) is 6.42 Å². The molecule has 380 valence electrons. The summed E-state index contributed by atoms with van der Waals surface area (Å²) in [5, 5.41) is 15.0. The van der Waals surface area contributed by atoms with Crippen LogP contribution >= 0.6 is 34.3 Å². The van der Waals surface area contributed by atoms with E-state index < -0.39 is 0 Å². The molecule has 0 saturated carbocycles. The van der Waals surface area contributed by atoms with Crippen molar-refractivity contribution >= 4 is 140 Å². The fourth-order valence-corrected chi connectivity index (χ4v) is 14.5. The van der Waals surface area contributed by atoms with Crippen molar-refractivity contribution in [1.82, 2.24) is 24.5 Å². The van der Waals surface area contributed by atoms with Gasteiger partial charge < -0.3 is 0 Å². The molecule has 18 rings (SSSR count). The van der Waals surface area contributed by atoms with Crippen LogP contribution in [0.15, 0.2) is 255 Å². The van der Waals surface area contributed by atoms with Crippen LogP contribution < -0.4 is 0 Å². The Kier molecular flexibility index (Phi) is 11.3. The van der Waals surface area contributed by atoms with Gasteiger partial charge in [0.1, 0.15) is 0 Å². The maximum Gasteiger partial charge on any atom is 0.235 e. The molecule has 1 aliphatic carbocycles. The summed E-state index contributed by atoms with van der Waals surface area (Å²) < 4.78 is 6.86. The van der Waals surface area contributed by atoms with Crippen LogP contribution in [-0.4, -0.2) is 24.5 Å². The molecule has 8 heteroatoms. The Balaban J connectivity index is 0.000000111. The largest absolute Gasteiger partial charge is 0.278 e. The van der Waals surface area contributed by atoms with E-state index in [0.29, 0.717) is 5.95 Å². The number of rotatable bonds is 3. The van der Waals surface area contributed by atoms with E-state index in [4.69, 9.17) is 21.6 Å². The quantitative estimate of drug-likeness (QED) is 0.165. The highest BCUT2D eigenvalue weighted by Gasteiger charge is 2.22. The van der Waals surface area contributed by atoms with Crippen molar-refractivity contribution < 1.29 is 0 Å². The number of benzene rings is 12. The number of aromatic nitrogens is 5. The molecule has 0 N–H and O–H groups in total. The van der Waals surface area contributed by atoms with Crippen LogP contribution in [0.4, 0.5) is 0 Å². The lowest BCUT2D eigenvalue weighted by molar-refractivity contribution is 1.02. The summed E-state index contributed by atoms with van der Waals surface area (Å²) in [6, 6.07) is 90.4. The van der Waals surface area contributed by atoms with Crippen molar-refractivity contribution in [2.24, 2.45) is 0 Å². The minimum absolute atomic E-state index is 0.286. The monoisotopic (exact) mass is 1090 g/mol. The molecule has 0 saturated heterocycles. The van der Waals surface area contributed by atoms with E-state index in [2.05, 4.69) is 245 Å². The molecule has 5 heterocycles. The number of halogens is 1. The van der Waals surface area contributed by atoms with Gasteiger partial charge >= 0.3 is 0 Å². The maximum atomic E-state index is 6.23. The van der Waals surface area contributed by atoms with Gasteiger partial charge in [-0.05, 0) is 132 Å². The van der Waals surface area contributed by atoms with Gasteiger partial charge in [-0.25, -0.2) is 19.9 Å². The number of thiophene rings is 2. The summed E-state index contributed by atoms with van der Waals surface area (Å²) >= 11 is 9.71. The van der Waals surface area contributed by atoms with Crippen molar-refractivity contribution in [2.75, 3.05) is 0 Å². The van der Waals surface area contributed by atoms with Crippen LogP contribution in [0.1, 0.15) is 11.1 Å². The van der Waals surface area contributed by atoms with Gasteiger partial charge in [-0.2, -0.15) is 0 Å². The lowest BCUT2D eigenvalue weighted by atomic mass is 10.0. The molecule has 12 aromatic carbocycles. The van der Waals surface area contributed by atoms with Crippen molar-refractivity contribution in [1.29, 1.82) is 0 Å². The average molecular weight is 1090 g/mol. The molecular weight excluding hydrogens is 1050 g/mol. The Morgan fingerprint density at radius 3 is 1.46 bits per heavy atom. The summed E-state index contributed by atoms with van der Waals surface area (Å²) in [7, 11) is 0. The van der Waals surface area contributed by atoms with Gasteiger partial charge in [0.2, 0.25) is 11.2 Å². The number of para-hydroxylation sites is 1. The van der Waals surface area contributed by atoms with Gasteiger partial charge in [0.05, 0.1) is 42.9 Å². The SMILES string of the molecule is Clc1nc(-c2ccc3ccccc3c2)c2sc3ccccc3c2n1.c1ccc2c(c1)Cc1cc3ccccc3cc1-2.c1ccc2cc(-c3nc(-n4c5ccccc5c5cc6ccccc6cc54)nc4c3sc3ccccc34)ccc2c1. The van der Waals surface area contributed by atoms with E-state index in [1.807, 2.05) is 24.3 Å². The molecule has 0 fully saturated rings. The van der Waals surface area contributed by atoms with E-state index >= 15 is 0 Å². The standard InChI is InChI=1S/C36H21N3S.C20H11ClN2S.C17H12/c1-2-10-23-19-26(18-17-22(23)9-1)33-35-34(28-14-6-8-16-32(28)40-35)38-36(37-33)39-30-15-7-5-13-27(30)29-20-24-11-3-4-12-25(24)21-31(29)39;21-20-22-17(14-10-9-12-5-1-2-6-13(12)11-14)19-18(23-20)15-7-3-4-8-16(15)24-19;1-2-6-13-11-17-15(9-12(13)5-1)10-14-7-3-4-8-16(14)17/h1-21H;1-11H;1-9,11H,10H2. The summed E-state index contributed by atoms with van der Waals surface area (Å²) in [5.74, 6) is 0.695. The van der Waals surface area contributed by atoms with Gasteiger partial charge in [-0.15, -0.1) is 22.7 Å². The zero-order chi connectivity index (χ0) is 53.5. The summed E-state index contributed by atoms with van der Waals surface area (Å²) in [6.45, 7) is 0. The van der Waals surface area contributed by atoms with Crippen molar-refractivity contribution in [3.63, 3.8) is 0 Å². The number of hydrogen-bond acceptors (Lipinski definition) is 6. The van der Waals surface area contributed by atoms with E-state index in [9.17, 15) is 0 Å². The van der Waals surface area contributed by atoms with Gasteiger partial charge in [0, 0.05) is 42.1 Å². The van der Waals surface area contributed by atoms with Gasteiger partial charge in [-0.3, -0.25) is 4.57 Å². The smallest absolute Gasteiger partial charge is 0.235 e. The molecule has 0 atom stereocenters. The third-order valence-electron chi connectivity index (χ3n) is 15.8. The van der Waals surface area contributed by atoms with Crippen LogP contribution in [-0.2, 0) is 6.42 Å². The summed E-state index contributed by atoms with van der Waals surface area (Å²) in [5.41, 5.74) is 13.9. The molecule has 81 heavy (non-hydrogen) atoms. The molecule has 0 spiro atoms. The number of nitrogens with zero attached hydrogens (tertiary/aromatic N) is 5. The van der Waals surface area contributed by atoms with Crippen LogP contribution in [0.2, 0.25) is 5.28 Å². The molecule has 17 aromatic rings. The highest BCUT2D eigenvalue weighted by atomic mass is 35.5. The second-order valence-electron chi connectivity index (χ2n) is 20.6. The molecule has 5 aromatic heterocycles. The molecule has 5 nitrogen and oxygen atoms in total. The molecule has 0 aliphatic heterocycles. The third-order valence-corrected chi connectivity index (χ3v) is 18.3. The lowest BCUT2D eigenvalue weighted by Gasteiger charge is -2.11. The molecule has 0 unspecified atom stereocenters. The first-order valence-corrected chi connectivity index (χ1v) is 29.1. The Labute approximate surface area is 478 Å². The van der Waals surface area contributed by atoms with Crippen LogP contribution in [0.25, 0.3) is 145 Å². The Hall–Kier alpha value is -9.63. The van der Waals surface area contributed by atoms with Crippen molar-refractivity contribution in [3.8, 4) is 39.6 Å². The first kappa shape index (κ1) is 47.4. The fourth-order valence-electron chi connectivity index (χ4n) is 12.0. The highest BCUT2D eigenvalue weighted by molar-refractivity contribution is 7.26. The van der Waals surface area contributed by atoms with E-state index in [0.717, 1.165) is 65.8 Å². The molecule has 0 radical (unpaired) electrons. The molecule has 0 bridgehead atoms. The topological polar surface area (TPSA) is 56.5 Å². The second kappa shape index (κ2) is 19.3. The van der Waals surface area contributed by atoms with Gasteiger partial charge in [-0.1, -0.05) is 206 Å². The van der Waals surface area contributed by atoms with Gasteiger partial charge in [0.25, 0.3) is 0 Å². The molecular formula is C73H44ClN5S2. The summed E-state index contributed by atoms with van der Waals surface area (Å²) in [4.78, 5) is 19.7. The van der Waals surface area contributed by atoms with Crippen LogP contribution in [0.5, 0.6) is 0 Å². The Bertz CT molecular complexity index is 5390. The first-order chi connectivity index (χ1) is 40.0. The first-order valence-electron chi connectivity index (χ1n) is 27.1. The normalized spacial score (nSPS) is 12.0. The average Bonchev–Trinajstić information content (AvgIpc) is 4.37. The summed E-state index contributed by atoms with van der Waals surface area (Å²) in [6.07, 6.45) is 1.08. The van der Waals surface area contributed by atoms with E-state index in [-0.39, 0.29) is 5.28 Å². The third kappa shape index (κ3) is 8.19. The molecule has 1 aliphatic rings. The Morgan fingerprint density at radius 2 is 0.815 bits per heavy atom. The maximum absolute atomic E-state index is 6.23. The minimum atomic E-state index is 0.286. The fraction of sp³-hybridized carbons (Fsp3) is 0.0137. The lowest BCUT2D eigenvalue weighted by Crippen LogP contribution is -2.02. The molecule has 0 amide bonds. The van der Waals surface area contributed by atoms with Crippen LogP contribution in [0, 0.1) is 0 Å². The van der Waals surface area contributed by atoms with E-state index in [1.54, 1.807) is 22.7 Å². The predicted octanol–water partition coefficient (Wildman–Crippen LogP) is 20.6. The predicted molar refractivity (Wildman–Crippen MR) is 345 cm³/mol. The van der Waals surface area contributed by atoms with Crippen molar-refractivity contribution in [3.05, 3.63) is 271 Å². The zero-order valence-electron chi connectivity index (χ0n) is 43.4. The number of hydrogen-bond donors (Lipinski definition) is 0. The zero-order valence-corrected chi connectivity index (χ0v) is 45.8. The van der Waals surface area contributed by atoms with E-state index in [1.165, 1.54) is 90.9 Å².